The molecule has 3 N–H and O–H groups in total. The quantitative estimate of drug-likeness (QED) is 0.104. The highest BCUT2D eigenvalue weighted by Crippen LogP contribution is 2.71. The molecule has 0 saturated heterocycles. The Morgan fingerprint density at radius 1 is 0.976 bits per heavy atom. The van der Waals surface area contributed by atoms with Crippen molar-refractivity contribution in [1.29, 1.82) is 0 Å². The van der Waals surface area contributed by atoms with Crippen LogP contribution < -0.4 is 0 Å². The minimum atomic E-state index is -2.05. The second-order valence-electron chi connectivity index (χ2n) is 14.7. The number of hydrogen-bond acceptors (Lipinski definition) is 6. The van der Waals surface area contributed by atoms with Gasteiger partial charge in [-0.1, -0.05) is 117 Å². The molecule has 8 atom stereocenters. The Bertz CT molecular complexity index is 1030. The molecule has 0 aliphatic heterocycles. The number of ether oxygens (including phenoxy) is 1. The molecular formula is C36H58O6. The predicted octanol–water partition coefficient (Wildman–Crippen LogP) is 6.85. The summed E-state index contributed by atoms with van der Waals surface area (Å²) in [4.78, 5) is 27.5. The Morgan fingerprint density at radius 3 is 2.07 bits per heavy atom. The third-order valence-electron chi connectivity index (χ3n) is 11.6. The van der Waals surface area contributed by atoms with Gasteiger partial charge in [0.2, 0.25) is 0 Å². The number of ketones is 1. The number of rotatable bonds is 16. The number of Topliss-reactive ketones (excluding diaryl/α,β-unsaturated/α-hetero) is 1. The van der Waals surface area contributed by atoms with Crippen LogP contribution in [0.3, 0.4) is 0 Å². The molecule has 2 bridgehead atoms. The fourth-order valence-corrected chi connectivity index (χ4v) is 9.07. The number of esters is 1. The van der Waals surface area contributed by atoms with Crippen LogP contribution in [-0.4, -0.2) is 51.5 Å². The van der Waals surface area contributed by atoms with E-state index in [1.807, 2.05) is 6.92 Å². The van der Waals surface area contributed by atoms with Gasteiger partial charge in [-0.15, -0.1) is 0 Å². The van der Waals surface area contributed by atoms with Crippen molar-refractivity contribution in [2.45, 2.75) is 149 Å². The minimum Gasteiger partial charge on any atom is -0.455 e. The zero-order chi connectivity index (χ0) is 30.7. The Hall–Kier alpha value is -1.50. The maximum Gasteiger partial charge on any atom is 0.306 e. The summed E-state index contributed by atoms with van der Waals surface area (Å²) in [6.07, 6.45) is 17.7. The second-order valence-corrected chi connectivity index (χ2v) is 14.7. The molecule has 0 heterocycles. The zero-order valence-corrected chi connectivity index (χ0v) is 27.0. The molecule has 4 aliphatic rings. The van der Waals surface area contributed by atoms with Crippen LogP contribution in [0.4, 0.5) is 0 Å². The Morgan fingerprint density at radius 2 is 1.52 bits per heavy atom. The number of aliphatic hydroxyl groups is 3. The molecule has 1 spiro atoms. The van der Waals surface area contributed by atoms with Crippen molar-refractivity contribution < 1.29 is 29.6 Å². The lowest BCUT2D eigenvalue weighted by atomic mass is 9.59. The number of fused-ring (bicyclic) bond motifs is 3. The van der Waals surface area contributed by atoms with E-state index in [2.05, 4.69) is 20.8 Å². The highest BCUT2D eigenvalue weighted by atomic mass is 16.6. The van der Waals surface area contributed by atoms with E-state index in [9.17, 15) is 24.9 Å². The summed E-state index contributed by atoms with van der Waals surface area (Å²) in [5, 5.41) is 34.3. The largest absolute Gasteiger partial charge is 0.455 e. The van der Waals surface area contributed by atoms with Gasteiger partial charge in [0.25, 0.3) is 0 Å². The highest BCUT2D eigenvalue weighted by Gasteiger charge is 2.76. The first-order valence-corrected chi connectivity index (χ1v) is 17.1. The molecule has 238 valence electrons. The van der Waals surface area contributed by atoms with Crippen LogP contribution in [0.25, 0.3) is 0 Å². The predicted molar refractivity (Wildman–Crippen MR) is 166 cm³/mol. The number of aliphatic hydroxyl groups excluding tert-OH is 2. The second kappa shape index (κ2) is 13.6. The van der Waals surface area contributed by atoms with E-state index in [4.69, 9.17) is 4.74 Å². The highest BCUT2D eigenvalue weighted by molar-refractivity contribution is 5.95. The van der Waals surface area contributed by atoms with Gasteiger partial charge in [0.15, 0.2) is 17.5 Å². The number of allylic oxidation sites excluding steroid dienone is 1. The zero-order valence-electron chi connectivity index (χ0n) is 27.0. The lowest BCUT2D eigenvalue weighted by Gasteiger charge is -2.48. The normalized spacial score (nSPS) is 36.3. The topological polar surface area (TPSA) is 104 Å². The molecule has 2 saturated carbocycles. The van der Waals surface area contributed by atoms with Gasteiger partial charge in [0, 0.05) is 12.3 Å². The first-order valence-electron chi connectivity index (χ1n) is 17.1. The van der Waals surface area contributed by atoms with E-state index >= 15 is 0 Å². The first kappa shape index (κ1) is 33.4. The molecule has 4 aliphatic carbocycles. The van der Waals surface area contributed by atoms with E-state index in [-0.39, 0.29) is 35.0 Å². The third-order valence-corrected chi connectivity index (χ3v) is 11.6. The summed E-state index contributed by atoms with van der Waals surface area (Å²) in [6, 6.07) is 0. The maximum atomic E-state index is 14.4. The fourth-order valence-electron chi connectivity index (χ4n) is 9.07. The Labute approximate surface area is 254 Å². The van der Waals surface area contributed by atoms with Gasteiger partial charge in [-0.25, -0.2) is 0 Å². The molecule has 0 aromatic carbocycles. The maximum absolute atomic E-state index is 14.4. The van der Waals surface area contributed by atoms with Crippen molar-refractivity contribution in [1.82, 2.24) is 0 Å². The molecule has 0 aromatic rings. The number of carbonyl (C=O) groups is 2. The molecule has 0 aromatic heterocycles. The van der Waals surface area contributed by atoms with Crippen molar-refractivity contribution in [2.75, 3.05) is 6.61 Å². The summed E-state index contributed by atoms with van der Waals surface area (Å²) in [7, 11) is 0. The molecule has 6 heteroatoms. The molecule has 0 radical (unpaired) electrons. The summed E-state index contributed by atoms with van der Waals surface area (Å²) < 4.78 is 5.95. The van der Waals surface area contributed by atoms with Gasteiger partial charge >= 0.3 is 5.97 Å². The molecule has 42 heavy (non-hydrogen) atoms. The van der Waals surface area contributed by atoms with E-state index in [1.54, 1.807) is 19.1 Å². The Balaban J connectivity index is 1.32. The monoisotopic (exact) mass is 586 g/mol. The van der Waals surface area contributed by atoms with Crippen molar-refractivity contribution >= 4 is 11.8 Å². The Kier molecular flexibility index (Phi) is 10.9. The lowest BCUT2D eigenvalue weighted by molar-refractivity contribution is -0.203. The van der Waals surface area contributed by atoms with Crippen molar-refractivity contribution in [3.05, 3.63) is 23.3 Å². The SMILES string of the molecule is CCCCCCCCCCCCCCCC(=O)O[C@H]1C(C)=CC23C(=O)[C@H](C=C(CO)[C@@H](O)[C@]12O)C1C(C[C@H]3C)C1(C)C. The van der Waals surface area contributed by atoms with Crippen molar-refractivity contribution in [3.8, 4) is 0 Å². The number of carbonyl (C=O) groups excluding carboxylic acids is 2. The average molecular weight is 587 g/mol. The van der Waals surface area contributed by atoms with Crippen LogP contribution in [-0.2, 0) is 14.3 Å². The molecule has 2 fully saturated rings. The van der Waals surface area contributed by atoms with Crippen LogP contribution in [0.5, 0.6) is 0 Å². The van der Waals surface area contributed by atoms with E-state index in [0.717, 1.165) is 25.7 Å². The molecule has 0 amide bonds. The molecule has 3 unspecified atom stereocenters. The number of unbranched alkanes of at least 4 members (excludes halogenated alkanes) is 12. The van der Waals surface area contributed by atoms with Crippen LogP contribution >= 0.6 is 0 Å². The van der Waals surface area contributed by atoms with Crippen LogP contribution in [0.2, 0.25) is 0 Å². The van der Waals surface area contributed by atoms with Crippen LogP contribution in [0.1, 0.15) is 131 Å². The summed E-state index contributed by atoms with van der Waals surface area (Å²) in [5.41, 5.74) is -2.60. The molecule has 4 rings (SSSR count). The van der Waals surface area contributed by atoms with Gasteiger partial charge < -0.3 is 20.1 Å². The molecular weight excluding hydrogens is 528 g/mol. The van der Waals surface area contributed by atoms with Crippen LogP contribution in [0, 0.1) is 34.5 Å². The van der Waals surface area contributed by atoms with Gasteiger partial charge in [0.1, 0.15) is 6.10 Å². The smallest absolute Gasteiger partial charge is 0.306 e. The van der Waals surface area contributed by atoms with Gasteiger partial charge in [-0.05, 0) is 54.1 Å². The fraction of sp³-hybridized carbons (Fsp3) is 0.833. The van der Waals surface area contributed by atoms with E-state index in [1.165, 1.54) is 64.2 Å². The van der Waals surface area contributed by atoms with Gasteiger partial charge in [-0.3, -0.25) is 9.59 Å². The summed E-state index contributed by atoms with van der Waals surface area (Å²) >= 11 is 0. The van der Waals surface area contributed by atoms with E-state index < -0.39 is 41.7 Å². The minimum absolute atomic E-state index is 0.0161. The third kappa shape index (κ3) is 5.94. The van der Waals surface area contributed by atoms with E-state index in [0.29, 0.717) is 11.5 Å². The standard InChI is InChI=1S/C36H58O6/c1-6-7-8-9-10-11-12-13-14-15-16-17-18-19-29(38)42-33-24(2)22-35-25(3)20-28-30(34(28,4)5)27(32(35)40)21-26(23-37)31(39)36(33,35)41/h21-22,25,27-28,30-31,33,37,39,41H,6-20,23H2,1-5H3/t25-,27-,28?,30?,31-,33+,35?,36+/m1/s1. The summed E-state index contributed by atoms with van der Waals surface area (Å²) in [6.45, 7) is 9.91. The number of hydrogen-bond donors (Lipinski definition) is 3. The van der Waals surface area contributed by atoms with Crippen molar-refractivity contribution in [3.63, 3.8) is 0 Å². The first-order chi connectivity index (χ1) is 20.0. The summed E-state index contributed by atoms with van der Waals surface area (Å²) in [5.74, 6) is -0.856. The van der Waals surface area contributed by atoms with Gasteiger partial charge in [-0.2, -0.15) is 0 Å². The van der Waals surface area contributed by atoms with Crippen molar-refractivity contribution in [2.24, 2.45) is 34.5 Å². The van der Waals surface area contributed by atoms with Crippen LogP contribution in [0.15, 0.2) is 23.3 Å². The molecule has 6 nitrogen and oxygen atoms in total. The van der Waals surface area contributed by atoms with Gasteiger partial charge in [0.05, 0.1) is 12.0 Å². The average Bonchev–Trinajstić information content (AvgIpc) is 3.44. The lowest BCUT2D eigenvalue weighted by Crippen LogP contribution is -2.65.